The topological polar surface area (TPSA) is 35.5 Å². The Morgan fingerprint density at radius 3 is 2.44 bits per heavy atom. The zero-order valence-electron chi connectivity index (χ0n) is 11.8. The predicted octanol–water partition coefficient (Wildman–Crippen LogP) is 3.39. The van der Waals surface area contributed by atoms with Crippen molar-refractivity contribution in [3.05, 3.63) is 29.8 Å². The number of hydrogen-bond donors (Lipinski definition) is 0. The zero-order valence-corrected chi connectivity index (χ0v) is 11.8. The van der Waals surface area contributed by atoms with Crippen molar-refractivity contribution < 1.29 is 14.3 Å². The lowest BCUT2D eigenvalue weighted by molar-refractivity contribution is -0.152. The van der Waals surface area contributed by atoms with E-state index in [0.29, 0.717) is 12.5 Å². The molecule has 100 valence electrons. The largest absolute Gasteiger partial charge is 0.492 e. The molecule has 0 saturated carbocycles. The third-order valence-corrected chi connectivity index (χ3v) is 2.87. The van der Waals surface area contributed by atoms with E-state index < -0.39 is 5.41 Å². The van der Waals surface area contributed by atoms with Crippen LogP contribution in [0.2, 0.25) is 0 Å². The van der Waals surface area contributed by atoms with E-state index in [1.807, 2.05) is 38.1 Å². The van der Waals surface area contributed by atoms with Crippen LogP contribution in [0.1, 0.15) is 39.2 Å². The van der Waals surface area contributed by atoms with Crippen LogP contribution < -0.4 is 4.74 Å². The maximum Gasteiger partial charge on any atom is 0.314 e. The van der Waals surface area contributed by atoms with Gasteiger partial charge in [-0.3, -0.25) is 4.79 Å². The van der Waals surface area contributed by atoms with Crippen molar-refractivity contribution in [3.63, 3.8) is 0 Å². The molecule has 3 nitrogen and oxygen atoms in total. The second-order valence-electron chi connectivity index (χ2n) is 5.36. The van der Waals surface area contributed by atoms with Crippen LogP contribution in [0, 0.1) is 5.41 Å². The summed E-state index contributed by atoms with van der Waals surface area (Å²) in [4.78, 5) is 11.6. The predicted molar refractivity (Wildman–Crippen MR) is 71.8 cm³/mol. The summed E-state index contributed by atoms with van der Waals surface area (Å²) in [6.07, 6.45) is 0. The van der Waals surface area contributed by atoms with Gasteiger partial charge in [0.05, 0.1) is 12.5 Å². The van der Waals surface area contributed by atoms with Crippen LogP contribution >= 0.6 is 0 Å². The van der Waals surface area contributed by atoms with Crippen molar-refractivity contribution >= 4 is 5.97 Å². The average Bonchev–Trinajstić information content (AvgIpc) is 2.35. The molecule has 0 fully saturated rings. The molecular weight excluding hydrogens is 228 g/mol. The molecule has 18 heavy (non-hydrogen) atoms. The number of hydrogen-bond acceptors (Lipinski definition) is 3. The third-order valence-electron chi connectivity index (χ3n) is 2.87. The summed E-state index contributed by atoms with van der Waals surface area (Å²) < 4.78 is 10.5. The fourth-order valence-electron chi connectivity index (χ4n) is 1.68. The molecule has 0 aliphatic heterocycles. The SMILES string of the molecule is COC(=O)C(C)(C)COc1ccccc1C(C)C. The summed E-state index contributed by atoms with van der Waals surface area (Å²) in [5.74, 6) is 0.969. The lowest BCUT2D eigenvalue weighted by Gasteiger charge is -2.23. The molecule has 1 rings (SSSR count). The van der Waals surface area contributed by atoms with Crippen LogP contribution in [-0.2, 0) is 9.53 Å². The summed E-state index contributed by atoms with van der Waals surface area (Å²) in [6, 6.07) is 7.91. The summed E-state index contributed by atoms with van der Waals surface area (Å²) in [7, 11) is 1.39. The Morgan fingerprint density at radius 2 is 1.89 bits per heavy atom. The molecule has 0 aliphatic carbocycles. The van der Waals surface area contributed by atoms with Gasteiger partial charge in [0.1, 0.15) is 12.4 Å². The van der Waals surface area contributed by atoms with Crippen molar-refractivity contribution in [1.29, 1.82) is 0 Å². The van der Waals surface area contributed by atoms with Crippen LogP contribution in [0.5, 0.6) is 5.75 Å². The summed E-state index contributed by atoms with van der Waals surface area (Å²) in [5, 5.41) is 0. The average molecular weight is 250 g/mol. The Labute approximate surface area is 109 Å². The Bertz CT molecular complexity index is 408. The normalized spacial score (nSPS) is 11.4. The van der Waals surface area contributed by atoms with Gasteiger partial charge in [-0.15, -0.1) is 0 Å². The first kappa shape index (κ1) is 14.6. The van der Waals surface area contributed by atoms with Crippen LogP contribution in [0.25, 0.3) is 0 Å². The van der Waals surface area contributed by atoms with Crippen LogP contribution in [0.15, 0.2) is 24.3 Å². The molecule has 0 aromatic heterocycles. The highest BCUT2D eigenvalue weighted by molar-refractivity contribution is 5.75. The van der Waals surface area contributed by atoms with Gasteiger partial charge in [0.2, 0.25) is 0 Å². The number of ether oxygens (including phenoxy) is 2. The van der Waals surface area contributed by atoms with Gasteiger partial charge in [0.25, 0.3) is 0 Å². The van der Waals surface area contributed by atoms with Gasteiger partial charge in [-0.25, -0.2) is 0 Å². The molecule has 1 aromatic carbocycles. The maximum atomic E-state index is 11.6. The fraction of sp³-hybridized carbons (Fsp3) is 0.533. The standard InChI is InChI=1S/C15H22O3/c1-11(2)12-8-6-7-9-13(12)18-10-15(3,4)14(16)17-5/h6-9,11H,10H2,1-5H3. The molecule has 0 saturated heterocycles. The molecule has 1 aromatic rings. The molecule has 0 N–H and O–H groups in total. The first-order chi connectivity index (χ1) is 8.38. The van der Waals surface area contributed by atoms with Gasteiger partial charge >= 0.3 is 5.97 Å². The van der Waals surface area contributed by atoms with E-state index in [0.717, 1.165) is 11.3 Å². The number of para-hydroxylation sites is 1. The van der Waals surface area contributed by atoms with E-state index in [9.17, 15) is 4.79 Å². The molecular formula is C15H22O3. The molecule has 0 spiro atoms. The first-order valence-electron chi connectivity index (χ1n) is 6.18. The lowest BCUT2D eigenvalue weighted by atomic mass is 9.95. The number of benzene rings is 1. The smallest absolute Gasteiger partial charge is 0.314 e. The fourth-order valence-corrected chi connectivity index (χ4v) is 1.68. The van der Waals surface area contributed by atoms with Crippen molar-refractivity contribution in [2.75, 3.05) is 13.7 Å². The quantitative estimate of drug-likeness (QED) is 0.751. The summed E-state index contributed by atoms with van der Waals surface area (Å²) in [6.45, 7) is 8.18. The van der Waals surface area contributed by atoms with E-state index in [-0.39, 0.29) is 5.97 Å². The monoisotopic (exact) mass is 250 g/mol. The second kappa shape index (κ2) is 5.89. The molecule has 0 radical (unpaired) electrons. The highest BCUT2D eigenvalue weighted by Gasteiger charge is 2.30. The Balaban J connectivity index is 2.78. The zero-order chi connectivity index (χ0) is 13.8. The molecule has 0 atom stereocenters. The highest BCUT2D eigenvalue weighted by atomic mass is 16.5. The molecule has 3 heteroatoms. The minimum atomic E-state index is -0.640. The number of rotatable bonds is 5. The number of methoxy groups -OCH3 is 1. The van der Waals surface area contributed by atoms with Gasteiger partial charge in [0, 0.05) is 0 Å². The van der Waals surface area contributed by atoms with E-state index in [1.54, 1.807) is 0 Å². The Kier molecular flexibility index (Phi) is 4.76. The first-order valence-corrected chi connectivity index (χ1v) is 6.18. The van der Waals surface area contributed by atoms with Crippen LogP contribution in [0.4, 0.5) is 0 Å². The molecule has 0 heterocycles. The maximum absolute atomic E-state index is 11.6. The van der Waals surface area contributed by atoms with Gasteiger partial charge in [0.15, 0.2) is 0 Å². The van der Waals surface area contributed by atoms with E-state index in [1.165, 1.54) is 7.11 Å². The highest BCUT2D eigenvalue weighted by Crippen LogP contribution is 2.28. The summed E-state index contributed by atoms with van der Waals surface area (Å²) in [5.41, 5.74) is 0.511. The molecule has 0 bridgehead atoms. The number of carbonyl (C=O) groups is 1. The Hall–Kier alpha value is -1.51. The summed E-state index contributed by atoms with van der Waals surface area (Å²) >= 11 is 0. The van der Waals surface area contributed by atoms with Gasteiger partial charge in [-0.1, -0.05) is 32.0 Å². The number of esters is 1. The molecule has 0 unspecified atom stereocenters. The third kappa shape index (κ3) is 3.49. The minimum Gasteiger partial charge on any atom is -0.492 e. The van der Waals surface area contributed by atoms with Crippen molar-refractivity contribution in [2.24, 2.45) is 5.41 Å². The van der Waals surface area contributed by atoms with Gasteiger partial charge in [-0.2, -0.15) is 0 Å². The van der Waals surface area contributed by atoms with Gasteiger partial charge < -0.3 is 9.47 Å². The van der Waals surface area contributed by atoms with Crippen molar-refractivity contribution in [1.82, 2.24) is 0 Å². The lowest BCUT2D eigenvalue weighted by Crippen LogP contribution is -2.32. The van der Waals surface area contributed by atoms with Crippen LogP contribution in [-0.4, -0.2) is 19.7 Å². The van der Waals surface area contributed by atoms with Gasteiger partial charge in [-0.05, 0) is 31.4 Å². The minimum absolute atomic E-state index is 0.260. The Morgan fingerprint density at radius 1 is 1.28 bits per heavy atom. The number of carbonyl (C=O) groups excluding carboxylic acids is 1. The van der Waals surface area contributed by atoms with Crippen LogP contribution in [0.3, 0.4) is 0 Å². The van der Waals surface area contributed by atoms with Crippen molar-refractivity contribution in [2.45, 2.75) is 33.6 Å². The van der Waals surface area contributed by atoms with E-state index >= 15 is 0 Å². The second-order valence-corrected chi connectivity index (χ2v) is 5.36. The van der Waals surface area contributed by atoms with Crippen molar-refractivity contribution in [3.8, 4) is 5.75 Å². The van der Waals surface area contributed by atoms with E-state index in [2.05, 4.69) is 13.8 Å². The molecule has 0 amide bonds. The molecule has 0 aliphatic rings. The van der Waals surface area contributed by atoms with E-state index in [4.69, 9.17) is 9.47 Å².